The van der Waals surface area contributed by atoms with Crippen LogP contribution in [0.1, 0.15) is 19.8 Å². The Balaban J connectivity index is 1.61. The first-order valence-electron chi connectivity index (χ1n) is 11.2. The van der Waals surface area contributed by atoms with Crippen molar-refractivity contribution in [2.24, 2.45) is 5.92 Å². The van der Waals surface area contributed by atoms with Crippen LogP contribution in [0, 0.1) is 5.92 Å². The van der Waals surface area contributed by atoms with Crippen molar-refractivity contribution < 1.29 is 32.2 Å². The second kappa shape index (κ2) is 11.2. The maximum atomic E-state index is 13.2. The van der Waals surface area contributed by atoms with Crippen molar-refractivity contribution in [1.29, 1.82) is 0 Å². The molecule has 1 heterocycles. The number of benzene rings is 1. The van der Waals surface area contributed by atoms with Gasteiger partial charge >= 0.3 is 5.97 Å². The van der Waals surface area contributed by atoms with Crippen molar-refractivity contribution in [2.75, 3.05) is 66.6 Å². The fraction of sp³-hybridized carbons (Fsp3) is 0.636. The van der Waals surface area contributed by atoms with Gasteiger partial charge in [-0.2, -0.15) is 4.31 Å². The van der Waals surface area contributed by atoms with E-state index in [1.807, 2.05) is 4.90 Å². The largest absolute Gasteiger partial charge is 0.497 e. The monoisotopic (exact) mass is 483 g/mol. The zero-order chi connectivity index (χ0) is 24.0. The third kappa shape index (κ3) is 6.58. The Bertz CT molecular complexity index is 941. The number of nitrogens with zero attached hydrogens (tertiary/aromatic N) is 3. The molecule has 2 fully saturated rings. The lowest BCUT2D eigenvalue weighted by molar-refractivity contribution is -0.145. The summed E-state index contributed by atoms with van der Waals surface area (Å²) in [5.41, 5.74) is 0. The molecular weight excluding hydrogens is 450 g/mol. The predicted molar refractivity (Wildman–Crippen MR) is 121 cm³/mol. The van der Waals surface area contributed by atoms with Crippen LogP contribution < -0.4 is 9.47 Å². The van der Waals surface area contributed by atoms with Gasteiger partial charge in [-0.1, -0.05) is 0 Å². The highest BCUT2D eigenvalue weighted by atomic mass is 32.2. The fourth-order valence-corrected chi connectivity index (χ4v) is 5.43. The molecule has 3 rings (SSSR count). The molecule has 1 aliphatic heterocycles. The molecule has 1 aromatic carbocycles. The first kappa shape index (κ1) is 25.3. The van der Waals surface area contributed by atoms with Crippen LogP contribution in [0.2, 0.25) is 0 Å². The van der Waals surface area contributed by atoms with Gasteiger partial charge in [-0.05, 0) is 37.8 Å². The Labute approximate surface area is 195 Å². The summed E-state index contributed by atoms with van der Waals surface area (Å²) in [5.74, 6) is 0.724. The van der Waals surface area contributed by atoms with E-state index >= 15 is 0 Å². The molecule has 2 aliphatic rings. The second-order valence-electron chi connectivity index (χ2n) is 8.22. The van der Waals surface area contributed by atoms with E-state index in [4.69, 9.17) is 14.2 Å². The minimum absolute atomic E-state index is 0.0363. The lowest BCUT2D eigenvalue weighted by atomic mass is 10.3. The molecule has 1 amide bonds. The highest BCUT2D eigenvalue weighted by Gasteiger charge is 2.33. The van der Waals surface area contributed by atoms with Crippen LogP contribution in [-0.2, 0) is 24.3 Å². The zero-order valence-electron chi connectivity index (χ0n) is 19.5. The molecule has 11 heteroatoms. The van der Waals surface area contributed by atoms with Gasteiger partial charge in [0.2, 0.25) is 15.9 Å². The number of sulfonamides is 1. The normalized spacial score (nSPS) is 17.2. The molecule has 184 valence electrons. The molecule has 1 aromatic rings. The van der Waals surface area contributed by atoms with Crippen molar-refractivity contribution >= 4 is 21.9 Å². The highest BCUT2D eigenvalue weighted by Crippen LogP contribution is 2.31. The summed E-state index contributed by atoms with van der Waals surface area (Å²) in [4.78, 5) is 28.3. The minimum Gasteiger partial charge on any atom is -0.497 e. The maximum Gasteiger partial charge on any atom is 0.320 e. The average Bonchev–Trinajstić information content (AvgIpc) is 3.62. The van der Waals surface area contributed by atoms with Crippen molar-refractivity contribution in [3.8, 4) is 11.5 Å². The van der Waals surface area contributed by atoms with E-state index in [1.54, 1.807) is 24.0 Å². The molecule has 0 aromatic heterocycles. The van der Waals surface area contributed by atoms with E-state index in [0.717, 1.165) is 12.8 Å². The second-order valence-corrected chi connectivity index (χ2v) is 10.1. The van der Waals surface area contributed by atoms with Crippen molar-refractivity contribution in [3.63, 3.8) is 0 Å². The van der Waals surface area contributed by atoms with Crippen LogP contribution in [0.3, 0.4) is 0 Å². The molecule has 0 radical (unpaired) electrons. The third-order valence-electron chi connectivity index (χ3n) is 5.81. The Morgan fingerprint density at radius 3 is 2.33 bits per heavy atom. The number of esters is 1. The number of rotatable bonds is 11. The van der Waals surface area contributed by atoms with Gasteiger partial charge in [-0.3, -0.25) is 14.5 Å². The average molecular weight is 484 g/mol. The van der Waals surface area contributed by atoms with Gasteiger partial charge in [0.1, 0.15) is 16.4 Å². The van der Waals surface area contributed by atoms with E-state index in [-0.39, 0.29) is 61.8 Å². The molecule has 0 spiro atoms. The quantitative estimate of drug-likeness (QED) is 0.426. The van der Waals surface area contributed by atoms with Crippen LogP contribution in [0.25, 0.3) is 0 Å². The molecule has 0 atom stereocenters. The summed E-state index contributed by atoms with van der Waals surface area (Å²) in [5, 5.41) is 0. The van der Waals surface area contributed by atoms with Crippen LogP contribution in [0.5, 0.6) is 11.5 Å². The lowest BCUT2D eigenvalue weighted by Crippen LogP contribution is -2.53. The lowest BCUT2D eigenvalue weighted by Gasteiger charge is -2.35. The number of piperazine rings is 1. The summed E-state index contributed by atoms with van der Waals surface area (Å²) in [6.45, 7) is 3.85. The summed E-state index contributed by atoms with van der Waals surface area (Å²) in [6, 6.07) is 4.64. The summed E-state index contributed by atoms with van der Waals surface area (Å²) in [6.07, 6.45) is 2.22. The highest BCUT2D eigenvalue weighted by molar-refractivity contribution is 7.89. The Kier molecular flexibility index (Phi) is 8.55. The summed E-state index contributed by atoms with van der Waals surface area (Å²) >= 11 is 0. The number of methoxy groups -OCH3 is 2. The van der Waals surface area contributed by atoms with Crippen molar-refractivity contribution in [2.45, 2.75) is 24.7 Å². The molecule has 33 heavy (non-hydrogen) atoms. The van der Waals surface area contributed by atoms with E-state index in [1.165, 1.54) is 24.6 Å². The number of carbonyl (C=O) groups excluding carboxylic acids is 2. The molecule has 10 nitrogen and oxygen atoms in total. The molecule has 1 saturated heterocycles. The summed E-state index contributed by atoms with van der Waals surface area (Å²) < 4.78 is 43.3. The van der Waals surface area contributed by atoms with Crippen LogP contribution in [0.15, 0.2) is 23.1 Å². The van der Waals surface area contributed by atoms with Gasteiger partial charge in [0.25, 0.3) is 0 Å². The molecule has 0 N–H and O–H groups in total. The minimum atomic E-state index is -3.82. The van der Waals surface area contributed by atoms with Crippen LogP contribution in [0.4, 0.5) is 0 Å². The van der Waals surface area contributed by atoms with Gasteiger partial charge in [-0.15, -0.1) is 0 Å². The van der Waals surface area contributed by atoms with Crippen LogP contribution >= 0.6 is 0 Å². The van der Waals surface area contributed by atoms with E-state index in [9.17, 15) is 18.0 Å². The first-order chi connectivity index (χ1) is 15.8. The molecule has 1 aliphatic carbocycles. The number of hydrogen-bond donors (Lipinski definition) is 0. The predicted octanol–water partition coefficient (Wildman–Crippen LogP) is 0.812. The molecular formula is C22H33N3O7S. The third-order valence-corrected chi connectivity index (χ3v) is 7.73. The van der Waals surface area contributed by atoms with E-state index < -0.39 is 10.0 Å². The molecule has 0 bridgehead atoms. The number of amides is 1. The van der Waals surface area contributed by atoms with Gasteiger partial charge in [-0.25, -0.2) is 8.42 Å². The van der Waals surface area contributed by atoms with Gasteiger partial charge in [0.15, 0.2) is 0 Å². The standard InChI is InChI=1S/C22H33N3O7S/c1-4-32-22(27)16-23(14-17-5-6-17)15-21(26)24-9-11-25(12-10-24)33(28,29)20-13-18(30-2)7-8-19(20)31-3/h7-8,13,17H,4-6,9-12,14-16H2,1-3H3. The Morgan fingerprint density at radius 1 is 1.06 bits per heavy atom. The van der Waals surface area contributed by atoms with Crippen LogP contribution in [-0.4, -0.2) is 101 Å². The van der Waals surface area contributed by atoms with Gasteiger partial charge in [0.05, 0.1) is 33.9 Å². The van der Waals surface area contributed by atoms with Crippen molar-refractivity contribution in [3.05, 3.63) is 18.2 Å². The summed E-state index contributed by atoms with van der Waals surface area (Å²) in [7, 11) is -0.934. The SMILES string of the molecule is CCOC(=O)CN(CC(=O)N1CCN(S(=O)(=O)c2cc(OC)ccc2OC)CC1)CC1CC1. The smallest absolute Gasteiger partial charge is 0.320 e. The first-order valence-corrected chi connectivity index (χ1v) is 12.6. The van der Waals surface area contributed by atoms with Crippen molar-refractivity contribution in [1.82, 2.24) is 14.1 Å². The number of carbonyl (C=O) groups is 2. The van der Waals surface area contributed by atoms with E-state index in [2.05, 4.69) is 0 Å². The fourth-order valence-electron chi connectivity index (χ4n) is 3.83. The Morgan fingerprint density at radius 2 is 1.76 bits per heavy atom. The molecule has 0 unspecified atom stereocenters. The maximum absolute atomic E-state index is 13.2. The topological polar surface area (TPSA) is 106 Å². The van der Waals surface area contributed by atoms with Gasteiger partial charge in [0, 0.05) is 38.8 Å². The van der Waals surface area contributed by atoms with E-state index in [0.29, 0.717) is 24.8 Å². The Hall–Kier alpha value is -2.37. The number of hydrogen-bond acceptors (Lipinski definition) is 8. The number of ether oxygens (including phenoxy) is 3. The molecule has 1 saturated carbocycles. The van der Waals surface area contributed by atoms with Gasteiger partial charge < -0.3 is 19.1 Å². The zero-order valence-corrected chi connectivity index (χ0v) is 20.3.